The molecule has 0 radical (unpaired) electrons. The van der Waals surface area contributed by atoms with E-state index in [2.05, 4.69) is 4.98 Å². The first-order valence-corrected chi connectivity index (χ1v) is 7.88. The number of hydrogen-bond acceptors (Lipinski definition) is 5. The van der Waals surface area contributed by atoms with E-state index in [1.165, 1.54) is 10.5 Å². The van der Waals surface area contributed by atoms with Gasteiger partial charge in [-0.2, -0.15) is 4.31 Å². The lowest BCUT2D eigenvalue weighted by molar-refractivity contribution is 0.252. The molecule has 0 fully saturated rings. The summed E-state index contributed by atoms with van der Waals surface area (Å²) in [5, 5.41) is 8.91. The highest BCUT2D eigenvalue weighted by molar-refractivity contribution is 7.91. The molecule has 1 rings (SSSR count). The molecule has 0 aromatic carbocycles. The highest BCUT2D eigenvalue weighted by atomic mass is 35.5. The fourth-order valence-electron chi connectivity index (χ4n) is 1.28. The van der Waals surface area contributed by atoms with Crippen molar-refractivity contribution in [3.05, 3.63) is 10.7 Å². The van der Waals surface area contributed by atoms with Crippen LogP contribution in [0, 0.1) is 0 Å². The Balaban J connectivity index is 2.91. The number of sulfonamides is 1. The van der Waals surface area contributed by atoms with Crippen molar-refractivity contribution in [2.24, 2.45) is 0 Å². The van der Waals surface area contributed by atoms with Crippen LogP contribution in [0.4, 0.5) is 0 Å². The van der Waals surface area contributed by atoms with Crippen molar-refractivity contribution in [1.29, 1.82) is 0 Å². The molecule has 1 aromatic heterocycles. The second kappa shape index (κ2) is 6.65. The summed E-state index contributed by atoms with van der Waals surface area (Å²) in [6.07, 6.45) is 2.89. The number of unbranched alkanes of at least 4 members (excludes halogenated alkanes) is 1. The van der Waals surface area contributed by atoms with Gasteiger partial charge in [-0.05, 0) is 6.42 Å². The molecule has 0 bridgehead atoms. The molecular formula is C9H15ClN2O3S2. The molecule has 8 heteroatoms. The number of aliphatic hydroxyl groups is 1. The van der Waals surface area contributed by atoms with Gasteiger partial charge < -0.3 is 5.11 Å². The lowest BCUT2D eigenvalue weighted by atomic mass is 10.3. The van der Waals surface area contributed by atoms with Crippen LogP contribution in [0.1, 0.15) is 19.8 Å². The van der Waals surface area contributed by atoms with Gasteiger partial charge in [0.15, 0.2) is 8.68 Å². The molecule has 0 spiro atoms. The lowest BCUT2D eigenvalue weighted by Gasteiger charge is -2.19. The van der Waals surface area contributed by atoms with Crippen molar-refractivity contribution in [2.75, 3.05) is 19.7 Å². The maximum atomic E-state index is 12.2. The first kappa shape index (κ1) is 14.8. The molecule has 98 valence electrons. The Hall–Kier alpha value is -0.210. The molecule has 1 aromatic rings. The SMILES string of the molecule is CCCCN(CCO)S(=O)(=O)c1cnc(Cl)s1. The molecule has 17 heavy (non-hydrogen) atoms. The highest BCUT2D eigenvalue weighted by Crippen LogP contribution is 2.25. The smallest absolute Gasteiger partial charge is 0.254 e. The zero-order chi connectivity index (χ0) is 12.9. The van der Waals surface area contributed by atoms with E-state index >= 15 is 0 Å². The maximum absolute atomic E-state index is 12.2. The van der Waals surface area contributed by atoms with Crippen LogP contribution in [0.2, 0.25) is 4.47 Å². The van der Waals surface area contributed by atoms with Gasteiger partial charge in [-0.1, -0.05) is 36.3 Å². The number of nitrogens with zero attached hydrogens (tertiary/aromatic N) is 2. The molecule has 0 saturated heterocycles. The summed E-state index contributed by atoms with van der Waals surface area (Å²) in [5.41, 5.74) is 0. The number of aliphatic hydroxyl groups excluding tert-OH is 1. The second-order valence-electron chi connectivity index (χ2n) is 3.41. The van der Waals surface area contributed by atoms with Gasteiger partial charge in [-0.25, -0.2) is 13.4 Å². The van der Waals surface area contributed by atoms with Crippen LogP contribution in [0.15, 0.2) is 10.4 Å². The molecule has 0 amide bonds. The normalized spacial score (nSPS) is 12.2. The largest absolute Gasteiger partial charge is 0.395 e. The summed E-state index contributed by atoms with van der Waals surface area (Å²) < 4.78 is 25.9. The van der Waals surface area contributed by atoms with E-state index in [9.17, 15) is 8.42 Å². The Kier molecular flexibility index (Phi) is 5.81. The molecule has 0 atom stereocenters. The van der Waals surface area contributed by atoms with Gasteiger partial charge in [0.05, 0.1) is 12.8 Å². The Morgan fingerprint density at radius 1 is 1.53 bits per heavy atom. The zero-order valence-electron chi connectivity index (χ0n) is 9.47. The fourth-order valence-corrected chi connectivity index (χ4v) is 4.20. The van der Waals surface area contributed by atoms with Crippen molar-refractivity contribution >= 4 is 33.0 Å². The number of hydrogen-bond donors (Lipinski definition) is 1. The summed E-state index contributed by atoms with van der Waals surface area (Å²) in [6, 6.07) is 0. The standard InChI is InChI=1S/C9H15ClN2O3S2/c1-2-3-4-12(5-6-13)17(14,15)8-7-11-9(10)16-8/h7,13H,2-6H2,1H3. The number of thiazole rings is 1. The van der Waals surface area contributed by atoms with Crippen LogP contribution < -0.4 is 0 Å². The van der Waals surface area contributed by atoms with Crippen LogP contribution in [0.25, 0.3) is 0 Å². The third kappa shape index (κ3) is 3.89. The Morgan fingerprint density at radius 3 is 2.71 bits per heavy atom. The molecule has 0 unspecified atom stereocenters. The molecule has 1 N–H and O–H groups in total. The first-order chi connectivity index (χ1) is 8.02. The third-order valence-corrected chi connectivity index (χ3v) is 5.61. The molecule has 0 aliphatic carbocycles. The van der Waals surface area contributed by atoms with Crippen LogP contribution in [-0.2, 0) is 10.0 Å². The average Bonchev–Trinajstić information content (AvgIpc) is 2.71. The summed E-state index contributed by atoms with van der Waals surface area (Å²) in [6.45, 7) is 2.27. The van der Waals surface area contributed by atoms with E-state index in [0.29, 0.717) is 6.54 Å². The van der Waals surface area contributed by atoms with Crippen molar-refractivity contribution in [1.82, 2.24) is 9.29 Å². The Labute approximate surface area is 110 Å². The summed E-state index contributed by atoms with van der Waals surface area (Å²) in [5.74, 6) is 0. The number of aromatic nitrogens is 1. The molecule has 0 aliphatic heterocycles. The Morgan fingerprint density at radius 2 is 2.24 bits per heavy atom. The van der Waals surface area contributed by atoms with Gasteiger partial charge in [-0.3, -0.25) is 0 Å². The monoisotopic (exact) mass is 298 g/mol. The zero-order valence-corrected chi connectivity index (χ0v) is 11.9. The van der Waals surface area contributed by atoms with Crippen molar-refractivity contribution in [2.45, 2.75) is 24.0 Å². The van der Waals surface area contributed by atoms with E-state index in [1.54, 1.807) is 0 Å². The van der Waals surface area contributed by atoms with Crippen LogP contribution in [0.3, 0.4) is 0 Å². The molecule has 0 aliphatic rings. The van der Waals surface area contributed by atoms with Gasteiger partial charge in [0.2, 0.25) is 0 Å². The number of halogens is 1. The van der Waals surface area contributed by atoms with E-state index < -0.39 is 10.0 Å². The maximum Gasteiger partial charge on any atom is 0.254 e. The van der Waals surface area contributed by atoms with Crippen LogP contribution in [0.5, 0.6) is 0 Å². The highest BCUT2D eigenvalue weighted by Gasteiger charge is 2.25. The number of rotatable bonds is 7. The van der Waals surface area contributed by atoms with E-state index in [4.69, 9.17) is 16.7 Å². The molecular weight excluding hydrogens is 284 g/mol. The average molecular weight is 299 g/mol. The molecule has 5 nitrogen and oxygen atoms in total. The predicted octanol–water partition coefficient (Wildman–Crippen LogP) is 1.58. The summed E-state index contributed by atoms with van der Waals surface area (Å²) in [4.78, 5) is 3.72. The van der Waals surface area contributed by atoms with Gasteiger partial charge >= 0.3 is 0 Å². The minimum atomic E-state index is -3.57. The first-order valence-electron chi connectivity index (χ1n) is 5.24. The summed E-state index contributed by atoms with van der Waals surface area (Å²) >= 11 is 6.55. The van der Waals surface area contributed by atoms with Gasteiger partial charge in [0.25, 0.3) is 10.0 Å². The quantitative estimate of drug-likeness (QED) is 0.830. The molecule has 1 heterocycles. The third-order valence-electron chi connectivity index (χ3n) is 2.16. The van der Waals surface area contributed by atoms with E-state index in [0.717, 1.165) is 24.2 Å². The summed E-state index contributed by atoms with van der Waals surface area (Å²) in [7, 11) is -3.57. The van der Waals surface area contributed by atoms with Gasteiger partial charge in [0.1, 0.15) is 0 Å². The minimum absolute atomic E-state index is 0.0951. The van der Waals surface area contributed by atoms with Crippen LogP contribution in [-0.4, -0.2) is 42.5 Å². The molecule has 0 saturated carbocycles. The second-order valence-corrected chi connectivity index (χ2v) is 7.19. The van der Waals surface area contributed by atoms with E-state index in [1.807, 2.05) is 6.92 Å². The van der Waals surface area contributed by atoms with Crippen molar-refractivity contribution in [3.8, 4) is 0 Å². The topological polar surface area (TPSA) is 70.5 Å². The van der Waals surface area contributed by atoms with Gasteiger partial charge in [0, 0.05) is 13.1 Å². The van der Waals surface area contributed by atoms with E-state index in [-0.39, 0.29) is 21.8 Å². The predicted molar refractivity (Wildman–Crippen MR) is 67.9 cm³/mol. The fraction of sp³-hybridized carbons (Fsp3) is 0.667. The van der Waals surface area contributed by atoms with Gasteiger partial charge in [-0.15, -0.1) is 0 Å². The Bertz CT molecular complexity index is 447. The van der Waals surface area contributed by atoms with Crippen LogP contribution >= 0.6 is 22.9 Å². The van der Waals surface area contributed by atoms with Crippen molar-refractivity contribution in [3.63, 3.8) is 0 Å². The van der Waals surface area contributed by atoms with Crippen molar-refractivity contribution < 1.29 is 13.5 Å². The lowest BCUT2D eigenvalue weighted by Crippen LogP contribution is -2.34. The minimum Gasteiger partial charge on any atom is -0.395 e.